The average molecular weight is 605 g/mol. The molecule has 0 unspecified atom stereocenters. The number of anilines is 2. The molecule has 0 saturated carbocycles. The summed E-state index contributed by atoms with van der Waals surface area (Å²) >= 11 is 0. The van der Waals surface area contributed by atoms with Gasteiger partial charge in [0.1, 0.15) is 23.9 Å². The van der Waals surface area contributed by atoms with E-state index in [2.05, 4.69) is 21.2 Å². The van der Waals surface area contributed by atoms with Crippen LogP contribution >= 0.6 is 0 Å². The summed E-state index contributed by atoms with van der Waals surface area (Å²) in [5, 5.41) is 11.0. The molecule has 5 aromatic rings. The van der Waals surface area contributed by atoms with E-state index in [1.54, 1.807) is 54.6 Å². The monoisotopic (exact) mass is 604 g/mol. The molecule has 3 amide bonds. The second-order valence-electron chi connectivity index (χ2n) is 9.72. The Morgan fingerprint density at radius 2 is 1.51 bits per heavy atom. The molecule has 0 fully saturated rings. The molecule has 5 rings (SSSR count). The number of hydrogen-bond acceptors (Lipinski definition) is 6. The second-order valence-corrected chi connectivity index (χ2v) is 9.72. The van der Waals surface area contributed by atoms with Gasteiger partial charge in [-0.15, -0.1) is 0 Å². The van der Waals surface area contributed by atoms with Crippen LogP contribution < -0.4 is 25.5 Å². The molecule has 0 aliphatic rings. The van der Waals surface area contributed by atoms with Gasteiger partial charge in [0.05, 0.1) is 24.1 Å². The van der Waals surface area contributed by atoms with Gasteiger partial charge in [0, 0.05) is 11.3 Å². The number of ether oxygens (including phenoxy) is 2. The molecular formula is C35H29FN4O5. The van der Waals surface area contributed by atoms with Crippen LogP contribution in [0.15, 0.2) is 114 Å². The summed E-state index contributed by atoms with van der Waals surface area (Å²) in [6.07, 6.45) is 1.39. The fourth-order valence-corrected chi connectivity index (χ4v) is 4.45. The third kappa shape index (κ3) is 7.88. The van der Waals surface area contributed by atoms with E-state index < -0.39 is 17.7 Å². The van der Waals surface area contributed by atoms with Crippen LogP contribution in [0.5, 0.6) is 11.5 Å². The summed E-state index contributed by atoms with van der Waals surface area (Å²) in [6, 6.07) is 30.4. The summed E-state index contributed by atoms with van der Waals surface area (Å²) in [5.74, 6) is -1.72. The molecule has 5 aromatic carbocycles. The van der Waals surface area contributed by atoms with Crippen molar-refractivity contribution >= 4 is 46.1 Å². The molecule has 3 N–H and O–H groups in total. The van der Waals surface area contributed by atoms with Crippen LogP contribution in [-0.4, -0.2) is 30.5 Å². The quantitative estimate of drug-likeness (QED) is 0.0983. The fraction of sp³-hybridized carbons (Fsp3) is 0.0857. The van der Waals surface area contributed by atoms with E-state index >= 15 is 0 Å². The minimum Gasteiger partial charge on any atom is -0.494 e. The van der Waals surface area contributed by atoms with Crippen molar-refractivity contribution in [3.05, 3.63) is 132 Å². The average Bonchev–Trinajstić information content (AvgIpc) is 3.06. The number of rotatable bonds is 10. The molecule has 10 heteroatoms. The van der Waals surface area contributed by atoms with E-state index in [9.17, 15) is 18.8 Å². The minimum atomic E-state index is -1.04. The Morgan fingerprint density at radius 3 is 2.29 bits per heavy atom. The topological polar surface area (TPSA) is 118 Å². The predicted octanol–water partition coefficient (Wildman–Crippen LogP) is 6.30. The van der Waals surface area contributed by atoms with Gasteiger partial charge in [-0.2, -0.15) is 5.10 Å². The lowest BCUT2D eigenvalue weighted by Crippen LogP contribution is -2.33. The van der Waals surface area contributed by atoms with Gasteiger partial charge in [0.2, 0.25) is 0 Å². The predicted molar refractivity (Wildman–Crippen MR) is 171 cm³/mol. The number of nitrogens with zero attached hydrogens (tertiary/aromatic N) is 1. The van der Waals surface area contributed by atoms with Crippen LogP contribution in [0.4, 0.5) is 15.8 Å². The molecule has 0 saturated heterocycles. The Hall–Kier alpha value is -6.03. The largest absolute Gasteiger partial charge is 0.494 e. The lowest BCUT2D eigenvalue weighted by Gasteiger charge is -2.12. The Bertz CT molecular complexity index is 1860. The van der Waals surface area contributed by atoms with Gasteiger partial charge in [0.25, 0.3) is 5.91 Å². The highest BCUT2D eigenvalue weighted by Crippen LogP contribution is 2.27. The van der Waals surface area contributed by atoms with Crippen LogP contribution in [0.25, 0.3) is 10.8 Å². The van der Waals surface area contributed by atoms with E-state index in [1.807, 2.05) is 37.3 Å². The molecule has 9 nitrogen and oxygen atoms in total. The Kier molecular flexibility index (Phi) is 9.76. The smallest absolute Gasteiger partial charge is 0.329 e. The van der Waals surface area contributed by atoms with Crippen LogP contribution in [-0.2, 0) is 16.2 Å². The van der Waals surface area contributed by atoms with E-state index in [1.165, 1.54) is 30.5 Å². The number of carbonyl (C=O) groups is 3. The maximum absolute atomic E-state index is 13.3. The first-order valence-corrected chi connectivity index (χ1v) is 14.1. The first-order valence-electron chi connectivity index (χ1n) is 14.1. The molecule has 0 atom stereocenters. The zero-order valence-electron chi connectivity index (χ0n) is 24.3. The van der Waals surface area contributed by atoms with E-state index in [4.69, 9.17) is 9.47 Å². The first kappa shape index (κ1) is 30.4. The van der Waals surface area contributed by atoms with E-state index in [0.717, 1.165) is 16.3 Å². The van der Waals surface area contributed by atoms with Gasteiger partial charge in [-0.3, -0.25) is 14.4 Å². The third-order valence-corrected chi connectivity index (χ3v) is 6.65. The molecular weight excluding hydrogens is 575 g/mol. The van der Waals surface area contributed by atoms with Crippen molar-refractivity contribution < 1.29 is 28.2 Å². The van der Waals surface area contributed by atoms with Crippen molar-refractivity contribution in [2.75, 3.05) is 17.2 Å². The van der Waals surface area contributed by atoms with Crippen molar-refractivity contribution in [1.29, 1.82) is 0 Å². The maximum Gasteiger partial charge on any atom is 0.329 e. The van der Waals surface area contributed by atoms with Gasteiger partial charge in [-0.05, 0) is 77.9 Å². The molecule has 0 radical (unpaired) electrons. The number of amides is 3. The minimum absolute atomic E-state index is 0.149. The van der Waals surface area contributed by atoms with Crippen molar-refractivity contribution in [2.24, 2.45) is 5.10 Å². The fourth-order valence-electron chi connectivity index (χ4n) is 4.45. The second kappa shape index (κ2) is 14.4. The van der Waals surface area contributed by atoms with Crippen molar-refractivity contribution in [3.63, 3.8) is 0 Å². The summed E-state index contributed by atoms with van der Waals surface area (Å²) < 4.78 is 24.7. The Balaban J connectivity index is 1.25. The number of hydrogen-bond donors (Lipinski definition) is 3. The molecule has 0 heterocycles. The molecule has 0 aliphatic heterocycles. The Labute approximate surface area is 258 Å². The number of nitrogens with one attached hydrogen (secondary N) is 3. The van der Waals surface area contributed by atoms with Gasteiger partial charge in [-0.1, -0.05) is 54.6 Å². The van der Waals surface area contributed by atoms with E-state index in [0.29, 0.717) is 29.4 Å². The summed E-state index contributed by atoms with van der Waals surface area (Å²) in [5.41, 5.74) is 4.43. The first-order chi connectivity index (χ1) is 21.9. The highest BCUT2D eigenvalue weighted by molar-refractivity contribution is 6.40. The molecule has 0 spiro atoms. The Morgan fingerprint density at radius 1 is 0.778 bits per heavy atom. The van der Waals surface area contributed by atoms with Crippen molar-refractivity contribution in [1.82, 2.24) is 5.43 Å². The van der Waals surface area contributed by atoms with Gasteiger partial charge in [0.15, 0.2) is 0 Å². The van der Waals surface area contributed by atoms with Crippen molar-refractivity contribution in [2.45, 2.75) is 13.5 Å². The molecule has 0 bridgehead atoms. The van der Waals surface area contributed by atoms with Gasteiger partial charge in [-0.25, -0.2) is 9.82 Å². The molecule has 226 valence electrons. The van der Waals surface area contributed by atoms with Crippen LogP contribution in [0.1, 0.15) is 28.4 Å². The van der Waals surface area contributed by atoms with E-state index in [-0.39, 0.29) is 23.7 Å². The van der Waals surface area contributed by atoms with Crippen molar-refractivity contribution in [3.8, 4) is 11.5 Å². The summed E-state index contributed by atoms with van der Waals surface area (Å²) in [6.45, 7) is 2.58. The lowest BCUT2D eigenvalue weighted by atomic mass is 10.0. The number of carbonyl (C=O) groups excluding carboxylic acids is 3. The normalized spacial score (nSPS) is 10.8. The highest BCUT2D eigenvalue weighted by atomic mass is 19.1. The lowest BCUT2D eigenvalue weighted by molar-refractivity contribution is -0.136. The van der Waals surface area contributed by atoms with Gasteiger partial charge >= 0.3 is 11.8 Å². The summed E-state index contributed by atoms with van der Waals surface area (Å²) in [7, 11) is 0. The highest BCUT2D eigenvalue weighted by Gasteiger charge is 2.18. The van der Waals surface area contributed by atoms with Crippen LogP contribution in [0.2, 0.25) is 0 Å². The standard InChI is InChI=1S/C35H29FN4O5/c1-2-44-27-18-16-26(17-19-27)38-33(41)29-9-5-6-10-31(29)39-34(42)35(43)40-37-21-30-28-8-4-3-7-24(28)13-20-32(30)45-22-23-11-14-25(36)15-12-23/h3-21H,2,22H2,1H3,(H,38,41)(H,39,42)(H,40,43)/b37-21-. The number of hydrazone groups is 1. The SMILES string of the molecule is CCOc1ccc(NC(=O)c2ccccc2NC(=O)C(=O)N/N=C\c2c(OCc3ccc(F)cc3)ccc3ccccc23)cc1. The number of fused-ring (bicyclic) bond motifs is 1. The van der Waals surface area contributed by atoms with Crippen LogP contribution in [0.3, 0.4) is 0 Å². The molecule has 0 aromatic heterocycles. The van der Waals surface area contributed by atoms with Crippen LogP contribution in [0, 0.1) is 5.82 Å². The number of halogens is 1. The summed E-state index contributed by atoms with van der Waals surface area (Å²) in [4.78, 5) is 38.4. The molecule has 45 heavy (non-hydrogen) atoms. The maximum atomic E-state index is 13.3. The number of para-hydroxylation sites is 1. The number of benzene rings is 5. The molecule has 0 aliphatic carbocycles. The third-order valence-electron chi connectivity index (χ3n) is 6.65. The zero-order chi connectivity index (χ0) is 31.6. The zero-order valence-corrected chi connectivity index (χ0v) is 24.3. The van der Waals surface area contributed by atoms with Gasteiger partial charge < -0.3 is 20.1 Å².